The van der Waals surface area contributed by atoms with E-state index < -0.39 is 5.97 Å². The lowest BCUT2D eigenvalue weighted by molar-refractivity contribution is -0.133. The fraction of sp³-hybridized carbons (Fsp3) is 0.812. The Balaban J connectivity index is 3.30. The first-order chi connectivity index (χ1) is 8.59. The van der Waals surface area contributed by atoms with Gasteiger partial charge in [0.1, 0.15) is 0 Å². The fourth-order valence-electron chi connectivity index (χ4n) is 2.15. The number of unbranched alkanes of at least 4 members (excludes halogenated alkanes) is 8. The molecule has 0 radical (unpaired) electrons. The van der Waals surface area contributed by atoms with Crippen molar-refractivity contribution in [2.45, 2.75) is 78.1 Å². The third-order valence-corrected chi connectivity index (χ3v) is 3.61. The zero-order chi connectivity index (χ0) is 13.8. The van der Waals surface area contributed by atoms with E-state index in [2.05, 4.69) is 13.5 Å². The first-order valence-electron chi connectivity index (χ1n) is 7.51. The number of carbonyl (C=O) groups is 1. The SMILES string of the molecule is C=C(C(=O)O)C(C)CCCCCCCCCCC. The van der Waals surface area contributed by atoms with E-state index in [0.717, 1.165) is 12.8 Å². The molecule has 1 atom stereocenters. The minimum Gasteiger partial charge on any atom is -0.478 e. The first-order valence-corrected chi connectivity index (χ1v) is 7.51. The van der Waals surface area contributed by atoms with Gasteiger partial charge in [-0.25, -0.2) is 4.79 Å². The molecule has 0 aliphatic rings. The summed E-state index contributed by atoms with van der Waals surface area (Å²) in [7, 11) is 0. The van der Waals surface area contributed by atoms with E-state index in [4.69, 9.17) is 5.11 Å². The molecule has 0 amide bonds. The van der Waals surface area contributed by atoms with Crippen molar-refractivity contribution in [3.8, 4) is 0 Å². The molecular formula is C16H30O2. The van der Waals surface area contributed by atoms with E-state index in [9.17, 15) is 4.79 Å². The Morgan fingerprint density at radius 2 is 1.44 bits per heavy atom. The first kappa shape index (κ1) is 17.2. The van der Waals surface area contributed by atoms with E-state index in [1.54, 1.807) is 0 Å². The second-order valence-electron chi connectivity index (χ2n) is 5.35. The molecule has 0 bridgehead atoms. The molecule has 0 spiro atoms. The number of hydrogen-bond donors (Lipinski definition) is 1. The number of hydrogen-bond acceptors (Lipinski definition) is 1. The summed E-state index contributed by atoms with van der Waals surface area (Å²) in [6.07, 6.45) is 12.7. The molecule has 1 unspecified atom stereocenters. The van der Waals surface area contributed by atoms with Gasteiger partial charge in [-0.15, -0.1) is 0 Å². The molecule has 0 aliphatic carbocycles. The highest BCUT2D eigenvalue weighted by Crippen LogP contribution is 2.18. The molecule has 106 valence electrons. The topological polar surface area (TPSA) is 37.3 Å². The van der Waals surface area contributed by atoms with E-state index >= 15 is 0 Å². The number of rotatable bonds is 12. The number of carboxylic acid groups (broad SMARTS) is 1. The van der Waals surface area contributed by atoms with Crippen molar-refractivity contribution in [3.63, 3.8) is 0 Å². The molecule has 18 heavy (non-hydrogen) atoms. The molecule has 0 saturated heterocycles. The summed E-state index contributed by atoms with van der Waals surface area (Å²) < 4.78 is 0. The lowest BCUT2D eigenvalue weighted by Crippen LogP contribution is -2.08. The van der Waals surface area contributed by atoms with E-state index in [1.807, 2.05) is 6.92 Å². The van der Waals surface area contributed by atoms with Gasteiger partial charge >= 0.3 is 5.97 Å². The normalized spacial score (nSPS) is 12.3. The van der Waals surface area contributed by atoms with Gasteiger partial charge in [0.05, 0.1) is 0 Å². The quantitative estimate of drug-likeness (QED) is 0.384. The van der Waals surface area contributed by atoms with Crippen LogP contribution in [0.25, 0.3) is 0 Å². The second kappa shape index (κ2) is 11.3. The van der Waals surface area contributed by atoms with Crippen molar-refractivity contribution in [2.24, 2.45) is 5.92 Å². The predicted octanol–water partition coefficient (Wildman–Crippen LogP) is 5.18. The standard InChI is InChI=1S/C16H30O2/c1-4-5-6-7-8-9-10-11-12-13-14(2)15(3)16(17)18/h14H,3-13H2,1-2H3,(H,17,18). The molecule has 2 nitrogen and oxygen atoms in total. The third kappa shape index (κ3) is 9.26. The van der Waals surface area contributed by atoms with E-state index in [1.165, 1.54) is 51.4 Å². The van der Waals surface area contributed by atoms with Crippen LogP contribution in [0, 0.1) is 5.92 Å². The van der Waals surface area contributed by atoms with Gasteiger partial charge in [-0.05, 0) is 12.3 Å². The minimum atomic E-state index is -0.849. The van der Waals surface area contributed by atoms with Crippen LogP contribution in [0.1, 0.15) is 78.1 Å². The maximum Gasteiger partial charge on any atom is 0.331 e. The van der Waals surface area contributed by atoms with Crippen LogP contribution in [-0.2, 0) is 4.79 Å². The second-order valence-corrected chi connectivity index (χ2v) is 5.35. The Kier molecular flexibility index (Phi) is 10.8. The number of carboxylic acids is 1. The molecule has 0 fully saturated rings. The van der Waals surface area contributed by atoms with Crippen LogP contribution in [0.4, 0.5) is 0 Å². The summed E-state index contributed by atoms with van der Waals surface area (Å²) in [4.78, 5) is 10.7. The van der Waals surface area contributed by atoms with Crippen LogP contribution in [-0.4, -0.2) is 11.1 Å². The lowest BCUT2D eigenvalue weighted by Gasteiger charge is -2.10. The Labute approximate surface area is 112 Å². The predicted molar refractivity (Wildman–Crippen MR) is 77.8 cm³/mol. The molecule has 0 aliphatic heterocycles. The van der Waals surface area contributed by atoms with Gasteiger partial charge in [0.2, 0.25) is 0 Å². The average molecular weight is 254 g/mol. The van der Waals surface area contributed by atoms with Crippen LogP contribution in [0.2, 0.25) is 0 Å². The highest BCUT2D eigenvalue weighted by molar-refractivity contribution is 5.86. The van der Waals surface area contributed by atoms with Crippen molar-refractivity contribution in [1.82, 2.24) is 0 Å². The highest BCUT2D eigenvalue weighted by atomic mass is 16.4. The van der Waals surface area contributed by atoms with Crippen molar-refractivity contribution < 1.29 is 9.90 Å². The lowest BCUT2D eigenvalue weighted by atomic mass is 9.95. The molecule has 0 saturated carbocycles. The maximum absolute atomic E-state index is 10.7. The van der Waals surface area contributed by atoms with Crippen molar-refractivity contribution in [2.75, 3.05) is 0 Å². The van der Waals surface area contributed by atoms with E-state index in [0.29, 0.717) is 5.57 Å². The minimum absolute atomic E-state index is 0.118. The van der Waals surface area contributed by atoms with Gasteiger partial charge in [0.25, 0.3) is 0 Å². The molecule has 0 rings (SSSR count). The molecule has 2 heteroatoms. The van der Waals surface area contributed by atoms with Gasteiger partial charge < -0.3 is 5.11 Å². The highest BCUT2D eigenvalue weighted by Gasteiger charge is 2.12. The Bertz CT molecular complexity index is 233. The summed E-state index contributed by atoms with van der Waals surface area (Å²) in [6.45, 7) is 7.81. The van der Waals surface area contributed by atoms with Gasteiger partial charge in [-0.3, -0.25) is 0 Å². The molecule has 0 aromatic rings. The van der Waals surface area contributed by atoms with Crippen LogP contribution in [0.3, 0.4) is 0 Å². The number of aliphatic carboxylic acids is 1. The smallest absolute Gasteiger partial charge is 0.331 e. The Morgan fingerprint density at radius 1 is 1.00 bits per heavy atom. The van der Waals surface area contributed by atoms with Crippen LogP contribution in [0.15, 0.2) is 12.2 Å². The van der Waals surface area contributed by atoms with E-state index in [-0.39, 0.29) is 5.92 Å². The average Bonchev–Trinajstić information content (AvgIpc) is 2.35. The van der Waals surface area contributed by atoms with Crippen molar-refractivity contribution in [3.05, 3.63) is 12.2 Å². The van der Waals surface area contributed by atoms with Crippen molar-refractivity contribution in [1.29, 1.82) is 0 Å². The van der Waals surface area contributed by atoms with Crippen LogP contribution >= 0.6 is 0 Å². The third-order valence-electron chi connectivity index (χ3n) is 3.61. The summed E-state index contributed by atoms with van der Waals surface area (Å²) in [6, 6.07) is 0. The maximum atomic E-state index is 10.7. The summed E-state index contributed by atoms with van der Waals surface area (Å²) in [5.74, 6) is -0.731. The Morgan fingerprint density at radius 3 is 1.89 bits per heavy atom. The fourth-order valence-corrected chi connectivity index (χ4v) is 2.15. The van der Waals surface area contributed by atoms with Gasteiger partial charge in [0, 0.05) is 5.57 Å². The van der Waals surface area contributed by atoms with Crippen LogP contribution in [0.5, 0.6) is 0 Å². The molecule has 0 aromatic heterocycles. The Hall–Kier alpha value is -0.790. The zero-order valence-corrected chi connectivity index (χ0v) is 12.2. The largest absolute Gasteiger partial charge is 0.478 e. The van der Waals surface area contributed by atoms with Gasteiger partial charge in [-0.1, -0.05) is 78.2 Å². The zero-order valence-electron chi connectivity index (χ0n) is 12.2. The van der Waals surface area contributed by atoms with Gasteiger partial charge in [-0.2, -0.15) is 0 Å². The summed E-state index contributed by atoms with van der Waals surface area (Å²) >= 11 is 0. The van der Waals surface area contributed by atoms with Crippen LogP contribution < -0.4 is 0 Å². The molecule has 1 N–H and O–H groups in total. The monoisotopic (exact) mass is 254 g/mol. The molecular weight excluding hydrogens is 224 g/mol. The molecule has 0 heterocycles. The van der Waals surface area contributed by atoms with Gasteiger partial charge in [0.15, 0.2) is 0 Å². The summed E-state index contributed by atoms with van der Waals surface area (Å²) in [5.41, 5.74) is 0.356. The molecule has 0 aromatic carbocycles. The van der Waals surface area contributed by atoms with Crippen molar-refractivity contribution >= 4 is 5.97 Å². The summed E-state index contributed by atoms with van der Waals surface area (Å²) in [5, 5.41) is 8.80.